The first-order valence-corrected chi connectivity index (χ1v) is 11.8. The Kier molecular flexibility index (Phi) is 8.78. The summed E-state index contributed by atoms with van der Waals surface area (Å²) in [4.78, 5) is 28.1. The van der Waals surface area contributed by atoms with Crippen LogP contribution in [0.2, 0.25) is 0 Å². The third-order valence-electron chi connectivity index (χ3n) is 6.67. The standard InChI is InChI=1S/C24H35N5O4/c1-3-4-11-26-23(30)28(2)22-18-7-8-19(22)14-29(13-18)15-20(27-24(31)32)16-33-21-9-5-17(12-25)6-10-21/h5-6,9-10,18-20,22,27H,3-4,7-8,11,13-16H2,1-2H3,(H,26,30)(H,31,32)/t18?,19?,20-,22?/m0/s1. The van der Waals surface area contributed by atoms with Crippen molar-refractivity contribution in [2.24, 2.45) is 11.8 Å². The molecule has 1 heterocycles. The molecule has 0 spiro atoms. The van der Waals surface area contributed by atoms with E-state index in [4.69, 9.17) is 10.00 Å². The zero-order valence-electron chi connectivity index (χ0n) is 19.5. The predicted octanol–water partition coefficient (Wildman–Crippen LogP) is 2.73. The second-order valence-corrected chi connectivity index (χ2v) is 9.10. The summed E-state index contributed by atoms with van der Waals surface area (Å²) in [6, 6.07) is 8.67. The number of amides is 3. The highest BCUT2D eigenvalue weighted by atomic mass is 16.5. The molecular formula is C24H35N5O4. The van der Waals surface area contributed by atoms with Crippen LogP contribution in [0.3, 0.4) is 0 Å². The van der Waals surface area contributed by atoms with Crippen molar-refractivity contribution >= 4 is 12.1 Å². The first-order chi connectivity index (χ1) is 15.9. The minimum Gasteiger partial charge on any atom is -0.491 e. The highest BCUT2D eigenvalue weighted by molar-refractivity contribution is 5.74. The molecule has 2 aliphatic rings. The summed E-state index contributed by atoms with van der Waals surface area (Å²) in [5, 5.41) is 23.8. The number of ether oxygens (including phenoxy) is 1. The van der Waals surface area contributed by atoms with E-state index in [2.05, 4.69) is 28.5 Å². The molecule has 1 aliphatic carbocycles. The van der Waals surface area contributed by atoms with Crippen LogP contribution >= 0.6 is 0 Å². The summed E-state index contributed by atoms with van der Waals surface area (Å²) in [7, 11) is 1.90. The second-order valence-electron chi connectivity index (χ2n) is 9.10. The van der Waals surface area contributed by atoms with Gasteiger partial charge in [-0.15, -0.1) is 0 Å². The number of carbonyl (C=O) groups excluding carboxylic acids is 1. The number of urea groups is 1. The predicted molar refractivity (Wildman–Crippen MR) is 124 cm³/mol. The molecule has 1 aromatic carbocycles. The third kappa shape index (κ3) is 6.75. The normalized spacial score (nSPS) is 22.8. The quantitative estimate of drug-likeness (QED) is 0.465. The van der Waals surface area contributed by atoms with Crippen LogP contribution in [-0.4, -0.2) is 78.9 Å². The number of hydrogen-bond acceptors (Lipinski definition) is 5. The fourth-order valence-corrected chi connectivity index (χ4v) is 5.15. The summed E-state index contributed by atoms with van der Waals surface area (Å²) in [5.41, 5.74) is 0.546. The largest absolute Gasteiger partial charge is 0.491 e. The molecule has 3 N–H and O–H groups in total. The van der Waals surface area contributed by atoms with Crippen LogP contribution in [-0.2, 0) is 0 Å². The summed E-state index contributed by atoms with van der Waals surface area (Å²) in [6.07, 6.45) is 3.11. The van der Waals surface area contributed by atoms with Gasteiger partial charge >= 0.3 is 12.1 Å². The van der Waals surface area contributed by atoms with Gasteiger partial charge in [0, 0.05) is 39.3 Å². The van der Waals surface area contributed by atoms with Crippen molar-refractivity contribution in [3.8, 4) is 11.8 Å². The van der Waals surface area contributed by atoms with Crippen molar-refractivity contribution in [1.29, 1.82) is 5.26 Å². The van der Waals surface area contributed by atoms with E-state index in [0.29, 0.717) is 36.2 Å². The number of likely N-dealkylation sites (tertiary alicyclic amines) is 1. The molecule has 2 bridgehead atoms. The molecule has 2 fully saturated rings. The lowest BCUT2D eigenvalue weighted by molar-refractivity contribution is 0.0664. The summed E-state index contributed by atoms with van der Waals surface area (Å²) in [5.74, 6) is 1.37. The van der Waals surface area contributed by atoms with Crippen LogP contribution in [0, 0.1) is 23.2 Å². The molecule has 33 heavy (non-hydrogen) atoms. The molecule has 1 aliphatic heterocycles. The van der Waals surface area contributed by atoms with Gasteiger partial charge < -0.3 is 30.3 Å². The molecule has 3 atom stereocenters. The number of unbranched alkanes of at least 4 members (excludes halogenated alkanes) is 1. The molecule has 3 rings (SSSR count). The number of carboxylic acid groups (broad SMARTS) is 1. The van der Waals surface area contributed by atoms with Crippen LogP contribution in [0.15, 0.2) is 24.3 Å². The Morgan fingerprint density at radius 1 is 1.27 bits per heavy atom. The van der Waals surface area contributed by atoms with Gasteiger partial charge in [-0.2, -0.15) is 5.26 Å². The lowest BCUT2D eigenvalue weighted by Crippen LogP contribution is -2.57. The Morgan fingerprint density at radius 3 is 2.52 bits per heavy atom. The second kappa shape index (κ2) is 11.8. The minimum absolute atomic E-state index is 0.0000342. The van der Waals surface area contributed by atoms with Crippen molar-refractivity contribution < 1.29 is 19.4 Å². The van der Waals surface area contributed by atoms with E-state index in [-0.39, 0.29) is 24.7 Å². The topological polar surface area (TPSA) is 118 Å². The lowest BCUT2D eigenvalue weighted by Gasteiger charge is -2.43. The van der Waals surface area contributed by atoms with Crippen molar-refractivity contribution in [2.45, 2.75) is 44.7 Å². The van der Waals surface area contributed by atoms with Crippen LogP contribution < -0.4 is 15.4 Å². The number of nitriles is 1. The van der Waals surface area contributed by atoms with Crippen LogP contribution in [0.5, 0.6) is 5.75 Å². The number of nitrogens with one attached hydrogen (secondary N) is 2. The average molecular weight is 458 g/mol. The monoisotopic (exact) mass is 457 g/mol. The van der Waals surface area contributed by atoms with Crippen LogP contribution in [0.25, 0.3) is 0 Å². The number of piperidine rings is 1. The molecular weight excluding hydrogens is 422 g/mol. The van der Waals surface area contributed by atoms with Gasteiger partial charge in [0.25, 0.3) is 0 Å². The molecule has 1 saturated carbocycles. The third-order valence-corrected chi connectivity index (χ3v) is 6.67. The Hall–Kier alpha value is -2.99. The molecule has 0 aromatic heterocycles. The van der Waals surface area contributed by atoms with Gasteiger partial charge in [0.05, 0.1) is 17.7 Å². The molecule has 9 nitrogen and oxygen atoms in total. The Bertz CT molecular complexity index is 826. The van der Waals surface area contributed by atoms with Gasteiger partial charge in [0.15, 0.2) is 0 Å². The first-order valence-electron chi connectivity index (χ1n) is 11.8. The van der Waals surface area contributed by atoms with Gasteiger partial charge in [0.1, 0.15) is 12.4 Å². The Morgan fingerprint density at radius 2 is 1.94 bits per heavy atom. The molecule has 1 saturated heterocycles. The van der Waals surface area contributed by atoms with Gasteiger partial charge in [-0.3, -0.25) is 0 Å². The van der Waals surface area contributed by atoms with E-state index in [9.17, 15) is 14.7 Å². The minimum atomic E-state index is -1.08. The van der Waals surface area contributed by atoms with Gasteiger partial charge in [-0.25, -0.2) is 9.59 Å². The van der Waals surface area contributed by atoms with E-state index in [0.717, 1.165) is 38.8 Å². The number of rotatable bonds is 10. The van der Waals surface area contributed by atoms with E-state index < -0.39 is 6.09 Å². The molecule has 180 valence electrons. The maximum absolute atomic E-state index is 12.6. The van der Waals surface area contributed by atoms with E-state index in [1.165, 1.54) is 0 Å². The van der Waals surface area contributed by atoms with Crippen LogP contribution in [0.4, 0.5) is 9.59 Å². The van der Waals surface area contributed by atoms with Gasteiger partial charge in [0.2, 0.25) is 0 Å². The SMILES string of the molecule is CCCCNC(=O)N(C)C1C2CCC1CN(C[C@@H](COc1ccc(C#N)cc1)NC(=O)O)C2. The Balaban J connectivity index is 1.55. The summed E-state index contributed by atoms with van der Waals surface area (Å²) >= 11 is 0. The summed E-state index contributed by atoms with van der Waals surface area (Å²) < 4.78 is 5.79. The first kappa shape index (κ1) is 24.6. The number of hydrogen-bond donors (Lipinski definition) is 3. The van der Waals surface area contributed by atoms with Crippen molar-refractivity contribution in [3.05, 3.63) is 29.8 Å². The highest BCUT2D eigenvalue weighted by Crippen LogP contribution is 2.39. The van der Waals surface area contributed by atoms with Gasteiger partial charge in [-0.1, -0.05) is 13.3 Å². The number of fused-ring (bicyclic) bond motifs is 2. The number of benzene rings is 1. The zero-order chi connectivity index (χ0) is 23.8. The highest BCUT2D eigenvalue weighted by Gasteiger charge is 2.45. The maximum atomic E-state index is 12.6. The van der Waals surface area contributed by atoms with E-state index in [1.54, 1.807) is 24.3 Å². The average Bonchev–Trinajstić information content (AvgIpc) is 3.07. The van der Waals surface area contributed by atoms with Crippen molar-refractivity contribution in [3.63, 3.8) is 0 Å². The molecule has 2 unspecified atom stereocenters. The molecule has 3 amide bonds. The molecule has 1 aromatic rings. The number of carbonyl (C=O) groups is 2. The molecule has 9 heteroatoms. The number of nitrogens with zero attached hydrogens (tertiary/aromatic N) is 3. The van der Waals surface area contributed by atoms with E-state index >= 15 is 0 Å². The van der Waals surface area contributed by atoms with Crippen LogP contribution in [0.1, 0.15) is 38.2 Å². The molecule has 0 radical (unpaired) electrons. The fourth-order valence-electron chi connectivity index (χ4n) is 5.15. The smallest absolute Gasteiger partial charge is 0.405 e. The maximum Gasteiger partial charge on any atom is 0.405 e. The Labute approximate surface area is 195 Å². The van der Waals surface area contributed by atoms with Crippen molar-refractivity contribution in [1.82, 2.24) is 20.4 Å². The summed E-state index contributed by atoms with van der Waals surface area (Å²) in [6.45, 7) is 5.23. The van der Waals surface area contributed by atoms with E-state index in [1.807, 2.05) is 11.9 Å². The van der Waals surface area contributed by atoms with Gasteiger partial charge in [-0.05, 0) is 55.4 Å². The fraction of sp³-hybridized carbons (Fsp3) is 0.625. The zero-order valence-corrected chi connectivity index (χ0v) is 19.5. The van der Waals surface area contributed by atoms with Crippen molar-refractivity contribution in [2.75, 3.05) is 39.8 Å². The lowest BCUT2D eigenvalue weighted by atomic mass is 9.91.